The molecule has 0 amide bonds. The number of halogens is 1. The maximum Gasteiger partial charge on any atom is 3.00 e. The van der Waals surface area contributed by atoms with Crippen LogP contribution < -0.4 is 10.4 Å². The predicted octanol–water partition coefficient (Wildman–Crippen LogP) is 3.86. The zero-order valence-electron chi connectivity index (χ0n) is 13.2. The summed E-state index contributed by atoms with van der Waals surface area (Å²) in [6.45, 7) is 0. The van der Waals surface area contributed by atoms with Crippen LogP contribution in [0, 0.1) is 20.9 Å². The molecule has 0 unspecified atom stereocenters. The van der Waals surface area contributed by atoms with Crippen LogP contribution in [-0.4, -0.2) is 9.52 Å². The second kappa shape index (κ2) is 16.9. The molecule has 2 aromatic carbocycles. The third-order valence-corrected chi connectivity index (χ3v) is 3.95. The van der Waals surface area contributed by atoms with Crippen molar-refractivity contribution in [1.82, 2.24) is 0 Å². The van der Waals surface area contributed by atoms with Crippen LogP contribution >= 0.6 is 17.0 Å². The molecule has 0 spiro atoms. The summed E-state index contributed by atoms with van der Waals surface area (Å²) in [5.41, 5.74) is 0. The molecular formula is C19H23BrSiZr. The van der Waals surface area contributed by atoms with E-state index in [1.54, 1.807) is 0 Å². The molecule has 114 valence electrons. The SMILES string of the molecule is Br.[C-]1=CC=CC1.[CH3-].[CH3-].[Zr+3].c1ccc([SiH]c2ccccc2)cc1. The Morgan fingerprint density at radius 2 is 1.23 bits per heavy atom. The van der Waals surface area contributed by atoms with Gasteiger partial charge in [-0.1, -0.05) is 71.0 Å². The topological polar surface area (TPSA) is 0 Å². The third kappa shape index (κ3) is 11.1. The summed E-state index contributed by atoms with van der Waals surface area (Å²) < 4.78 is 0. The van der Waals surface area contributed by atoms with Crippen molar-refractivity contribution < 1.29 is 26.2 Å². The zero-order valence-corrected chi connectivity index (χ0v) is 18.5. The van der Waals surface area contributed by atoms with Gasteiger partial charge in [0.2, 0.25) is 0 Å². The van der Waals surface area contributed by atoms with Crippen molar-refractivity contribution in [3.8, 4) is 0 Å². The van der Waals surface area contributed by atoms with Gasteiger partial charge in [-0.05, 0) is 0 Å². The minimum atomic E-state index is 0. The van der Waals surface area contributed by atoms with Crippen LogP contribution in [0.1, 0.15) is 6.42 Å². The Balaban J connectivity index is -0.000000351. The van der Waals surface area contributed by atoms with Crippen LogP contribution in [0.25, 0.3) is 0 Å². The number of allylic oxidation sites excluding steroid dienone is 4. The fourth-order valence-corrected chi connectivity index (χ4v) is 2.85. The molecule has 0 saturated carbocycles. The van der Waals surface area contributed by atoms with Crippen molar-refractivity contribution in [2.75, 3.05) is 0 Å². The molecule has 1 aliphatic carbocycles. The van der Waals surface area contributed by atoms with Crippen LogP contribution in [0.5, 0.6) is 0 Å². The van der Waals surface area contributed by atoms with Gasteiger partial charge in [0.05, 0.1) is 0 Å². The Hall–Kier alpha value is -0.500. The third-order valence-electron chi connectivity index (χ3n) is 2.52. The van der Waals surface area contributed by atoms with Crippen LogP contribution in [0.2, 0.25) is 0 Å². The molecule has 0 saturated heterocycles. The van der Waals surface area contributed by atoms with E-state index in [9.17, 15) is 0 Å². The maximum absolute atomic E-state index is 2.99. The van der Waals surface area contributed by atoms with Crippen LogP contribution in [-0.2, 0) is 26.2 Å². The summed E-state index contributed by atoms with van der Waals surface area (Å²) in [5.74, 6) is 0. The van der Waals surface area contributed by atoms with Crippen LogP contribution in [0.15, 0.2) is 78.9 Å². The van der Waals surface area contributed by atoms with E-state index in [1.165, 1.54) is 10.4 Å². The largest absolute Gasteiger partial charge is 3.00 e. The van der Waals surface area contributed by atoms with Gasteiger partial charge in [-0.3, -0.25) is 6.08 Å². The number of rotatable bonds is 2. The summed E-state index contributed by atoms with van der Waals surface area (Å²) in [6, 6.07) is 21.3. The fraction of sp³-hybridized carbons (Fsp3) is 0.0526. The van der Waals surface area contributed by atoms with Gasteiger partial charge in [-0.25, -0.2) is 12.2 Å². The Morgan fingerprint density at radius 1 is 0.773 bits per heavy atom. The van der Waals surface area contributed by atoms with Crippen molar-refractivity contribution in [1.29, 1.82) is 0 Å². The molecule has 0 aromatic heterocycles. The maximum atomic E-state index is 2.99. The van der Waals surface area contributed by atoms with Gasteiger partial charge in [-0.2, -0.15) is 6.08 Å². The fourth-order valence-electron chi connectivity index (χ4n) is 1.63. The molecule has 3 rings (SSSR count). The second-order valence-electron chi connectivity index (χ2n) is 3.97. The summed E-state index contributed by atoms with van der Waals surface area (Å²) in [5, 5.41) is 2.90. The first-order chi connectivity index (χ1) is 8.95. The van der Waals surface area contributed by atoms with Crippen molar-refractivity contribution in [2.45, 2.75) is 6.42 Å². The molecule has 2 radical (unpaired) electrons. The first kappa shape index (κ1) is 26.4. The van der Waals surface area contributed by atoms with E-state index in [0.29, 0.717) is 0 Å². The Morgan fingerprint density at radius 3 is 1.50 bits per heavy atom. The molecular weight excluding hydrogens is 427 g/mol. The van der Waals surface area contributed by atoms with E-state index in [4.69, 9.17) is 0 Å². The predicted molar refractivity (Wildman–Crippen MR) is 104 cm³/mol. The quantitative estimate of drug-likeness (QED) is 0.482. The Labute approximate surface area is 168 Å². The summed E-state index contributed by atoms with van der Waals surface area (Å²) in [6.07, 6.45) is 10.0. The molecule has 0 atom stereocenters. The van der Waals surface area contributed by atoms with Gasteiger partial charge >= 0.3 is 26.2 Å². The van der Waals surface area contributed by atoms with Crippen LogP contribution in [0.3, 0.4) is 0 Å². The molecule has 0 aliphatic heterocycles. The molecule has 0 nitrogen and oxygen atoms in total. The number of hydrogen-bond donors (Lipinski definition) is 0. The molecule has 22 heavy (non-hydrogen) atoms. The van der Waals surface area contributed by atoms with E-state index in [0.717, 1.165) is 6.42 Å². The molecule has 2 aromatic rings. The van der Waals surface area contributed by atoms with E-state index >= 15 is 0 Å². The second-order valence-corrected chi connectivity index (χ2v) is 5.59. The zero-order chi connectivity index (χ0) is 12.5. The summed E-state index contributed by atoms with van der Waals surface area (Å²) in [7, 11) is 0.271. The normalized spacial score (nSPS) is 9.82. The number of hydrogen-bond acceptors (Lipinski definition) is 0. The van der Waals surface area contributed by atoms with Crippen molar-refractivity contribution in [2.24, 2.45) is 0 Å². The average Bonchev–Trinajstić information content (AvgIpc) is 3.00. The Bertz CT molecular complexity index is 462. The van der Waals surface area contributed by atoms with Crippen LogP contribution in [0.4, 0.5) is 0 Å². The molecule has 0 bridgehead atoms. The van der Waals surface area contributed by atoms with Gasteiger partial charge in [0.25, 0.3) is 0 Å². The van der Waals surface area contributed by atoms with Gasteiger partial charge in [0.1, 0.15) is 9.52 Å². The van der Waals surface area contributed by atoms with E-state index in [1.807, 2.05) is 12.2 Å². The average molecular weight is 451 g/mol. The standard InChI is InChI=1S/C12H11Si.C5H5.2CH3.BrH.Zr/c1-3-7-11(8-4-1)13-12-9-5-2-6-10-12;1-2-4-5-3-1;;;;/h1-10,13H;1-3H,4H2;2*1H3;1H;/q;3*-1;;+3. The first-order valence-corrected chi connectivity index (χ1v) is 7.27. The first-order valence-electron chi connectivity index (χ1n) is 6.12. The van der Waals surface area contributed by atoms with E-state index < -0.39 is 0 Å². The van der Waals surface area contributed by atoms with Gasteiger partial charge < -0.3 is 14.9 Å². The van der Waals surface area contributed by atoms with Gasteiger partial charge in [-0.15, -0.1) is 23.4 Å². The summed E-state index contributed by atoms with van der Waals surface area (Å²) >= 11 is 0. The van der Waals surface area contributed by atoms with Crippen molar-refractivity contribution >= 4 is 36.9 Å². The van der Waals surface area contributed by atoms with E-state index in [2.05, 4.69) is 72.8 Å². The minimum Gasteiger partial charge on any atom is -0.358 e. The number of benzene rings is 2. The van der Waals surface area contributed by atoms with Gasteiger partial charge in [0, 0.05) is 0 Å². The minimum absolute atomic E-state index is 0. The van der Waals surface area contributed by atoms with E-state index in [-0.39, 0.29) is 67.6 Å². The Kier molecular flexibility index (Phi) is 20.2. The molecule has 3 heteroatoms. The summed E-state index contributed by atoms with van der Waals surface area (Å²) in [4.78, 5) is 0. The van der Waals surface area contributed by atoms with Gasteiger partial charge in [0.15, 0.2) is 0 Å². The monoisotopic (exact) mass is 448 g/mol. The molecule has 0 heterocycles. The van der Waals surface area contributed by atoms with Crippen molar-refractivity contribution in [3.63, 3.8) is 0 Å². The molecule has 0 N–H and O–H groups in total. The van der Waals surface area contributed by atoms with Crippen molar-refractivity contribution in [3.05, 3.63) is 99.8 Å². The smallest absolute Gasteiger partial charge is 0.358 e. The molecule has 1 aliphatic rings. The molecule has 0 fully saturated rings.